The lowest BCUT2D eigenvalue weighted by molar-refractivity contribution is -0.694. The lowest BCUT2D eigenvalue weighted by Crippen LogP contribution is -2.74. The maximum atomic E-state index is 3.87. The molecule has 162 valence electrons. The molecule has 0 aliphatic carbocycles. The molecule has 4 aromatic carbocycles. The molecule has 0 aliphatic rings. The molecule has 0 radical (unpaired) electrons. The van der Waals surface area contributed by atoms with Crippen LogP contribution >= 0.6 is 0 Å². The molecule has 0 saturated heterocycles. The highest BCUT2D eigenvalue weighted by Crippen LogP contribution is 2.09. The molecule has 33 heavy (non-hydrogen) atoms. The van der Waals surface area contributed by atoms with Crippen molar-refractivity contribution in [1.82, 2.24) is 4.98 Å². The zero-order chi connectivity index (χ0) is 22.8. The van der Waals surface area contributed by atoms with E-state index >= 15 is 0 Å². The van der Waals surface area contributed by atoms with E-state index < -0.39 is 6.15 Å². The first-order valence-electron chi connectivity index (χ1n) is 11.5. The standard InChI is InChI=1S/C24H20B.C6H9N2/c1-5-13-21(14-6-1)25(22-15-7-2-8-16-22,23-17-9-3-10-18-23)24-19-11-4-12-20-24;1-2-8-5-3-7-4-6-8/h1-20H;3-6H,2H2,1H3/q-1;+1. The van der Waals surface area contributed by atoms with E-state index in [-0.39, 0.29) is 0 Å². The number of aromatic nitrogens is 2. The van der Waals surface area contributed by atoms with Crippen LogP contribution in [0.1, 0.15) is 6.92 Å². The van der Waals surface area contributed by atoms with E-state index in [0.717, 1.165) is 6.54 Å². The molecule has 1 aromatic heterocycles. The van der Waals surface area contributed by atoms with Crippen LogP contribution in [0.25, 0.3) is 0 Å². The van der Waals surface area contributed by atoms with E-state index in [4.69, 9.17) is 0 Å². The first-order chi connectivity index (χ1) is 16.4. The van der Waals surface area contributed by atoms with Gasteiger partial charge in [-0.3, -0.25) is 4.98 Å². The third-order valence-corrected chi connectivity index (χ3v) is 6.25. The van der Waals surface area contributed by atoms with Gasteiger partial charge in [0.15, 0.2) is 12.4 Å². The van der Waals surface area contributed by atoms with Crippen LogP contribution in [0.5, 0.6) is 0 Å². The van der Waals surface area contributed by atoms with Crippen molar-refractivity contribution >= 4 is 28.0 Å². The second kappa shape index (κ2) is 11.1. The summed E-state index contributed by atoms with van der Waals surface area (Å²) in [5.41, 5.74) is 5.36. The number of aryl methyl sites for hydroxylation is 1. The molecule has 0 aliphatic heterocycles. The van der Waals surface area contributed by atoms with Gasteiger partial charge in [0.1, 0.15) is 12.7 Å². The van der Waals surface area contributed by atoms with E-state index in [9.17, 15) is 0 Å². The average Bonchev–Trinajstić information content (AvgIpc) is 2.92. The Morgan fingerprint density at radius 3 is 1.06 bits per heavy atom. The minimum Gasteiger partial charge on any atom is -0.252 e. The van der Waals surface area contributed by atoms with Gasteiger partial charge in [-0.15, -0.1) is 0 Å². The number of hydrogen-bond donors (Lipinski definition) is 0. The molecule has 0 atom stereocenters. The zero-order valence-corrected chi connectivity index (χ0v) is 19.0. The van der Waals surface area contributed by atoms with E-state index in [1.54, 1.807) is 12.4 Å². The highest BCUT2D eigenvalue weighted by molar-refractivity contribution is 7.19. The van der Waals surface area contributed by atoms with Gasteiger partial charge in [0.2, 0.25) is 0 Å². The van der Waals surface area contributed by atoms with Crippen LogP contribution in [-0.4, -0.2) is 11.1 Å². The highest BCUT2D eigenvalue weighted by atomic mass is 14.9. The van der Waals surface area contributed by atoms with Crippen LogP contribution in [0, 0.1) is 0 Å². The van der Waals surface area contributed by atoms with E-state index in [0.29, 0.717) is 0 Å². The van der Waals surface area contributed by atoms with Gasteiger partial charge in [0.05, 0.1) is 12.4 Å². The molecule has 5 rings (SSSR count). The number of rotatable bonds is 5. The molecular formula is C30H29BN2. The SMILES string of the molecule is CC[n+]1ccncc1.c1ccc([B-](c2ccccc2)(c2ccccc2)c2ccccc2)cc1. The zero-order valence-electron chi connectivity index (χ0n) is 19.0. The predicted octanol–water partition coefficient (Wildman–Crippen LogP) is 3.45. The van der Waals surface area contributed by atoms with E-state index in [1.807, 2.05) is 12.4 Å². The minimum absolute atomic E-state index is 1.02. The van der Waals surface area contributed by atoms with Crippen LogP contribution in [-0.2, 0) is 6.54 Å². The van der Waals surface area contributed by atoms with Crippen LogP contribution in [0.4, 0.5) is 0 Å². The topological polar surface area (TPSA) is 16.8 Å². The third kappa shape index (κ3) is 4.93. The van der Waals surface area contributed by atoms with Crippen molar-refractivity contribution in [3.63, 3.8) is 0 Å². The van der Waals surface area contributed by atoms with E-state index in [2.05, 4.69) is 138 Å². The lowest BCUT2D eigenvalue weighted by atomic mass is 9.13. The Kier molecular flexibility index (Phi) is 7.45. The Morgan fingerprint density at radius 1 is 0.515 bits per heavy atom. The van der Waals surface area contributed by atoms with Crippen molar-refractivity contribution in [3.8, 4) is 0 Å². The average molecular weight is 428 g/mol. The fourth-order valence-corrected chi connectivity index (χ4v) is 4.68. The Hall–Kier alpha value is -3.98. The molecule has 0 fully saturated rings. The Balaban J connectivity index is 0.000000275. The van der Waals surface area contributed by atoms with Crippen LogP contribution < -0.4 is 26.4 Å². The summed E-state index contributed by atoms with van der Waals surface area (Å²) in [5.74, 6) is 0. The van der Waals surface area contributed by atoms with Gasteiger partial charge in [-0.1, -0.05) is 121 Å². The van der Waals surface area contributed by atoms with Crippen molar-refractivity contribution in [1.29, 1.82) is 0 Å². The molecule has 0 bridgehead atoms. The summed E-state index contributed by atoms with van der Waals surface area (Å²) in [6, 6.07) is 43.5. The van der Waals surface area contributed by atoms with Gasteiger partial charge in [0, 0.05) is 0 Å². The molecule has 1 heterocycles. The summed E-state index contributed by atoms with van der Waals surface area (Å²) in [4.78, 5) is 3.87. The molecule has 0 spiro atoms. The molecule has 0 amide bonds. The highest BCUT2D eigenvalue weighted by Gasteiger charge is 2.30. The van der Waals surface area contributed by atoms with Crippen LogP contribution in [0.3, 0.4) is 0 Å². The molecule has 0 N–H and O–H groups in total. The largest absolute Gasteiger partial charge is 0.252 e. The Morgan fingerprint density at radius 2 is 0.818 bits per heavy atom. The quantitative estimate of drug-likeness (QED) is 0.310. The minimum atomic E-state index is -1.22. The van der Waals surface area contributed by atoms with Crippen LogP contribution in [0.2, 0.25) is 0 Å². The number of hydrogen-bond acceptors (Lipinski definition) is 1. The number of nitrogens with zero attached hydrogens (tertiary/aromatic N) is 2. The van der Waals surface area contributed by atoms with Gasteiger partial charge < -0.3 is 0 Å². The first-order valence-corrected chi connectivity index (χ1v) is 11.5. The normalized spacial score (nSPS) is 10.7. The number of benzene rings is 4. The lowest BCUT2D eigenvalue weighted by Gasteiger charge is -2.44. The van der Waals surface area contributed by atoms with Crippen molar-refractivity contribution in [3.05, 3.63) is 146 Å². The maximum Gasteiger partial charge on any atom is 0.187 e. The Labute approximate surface area is 197 Å². The molecule has 2 nitrogen and oxygen atoms in total. The van der Waals surface area contributed by atoms with Gasteiger partial charge >= 0.3 is 0 Å². The van der Waals surface area contributed by atoms with Crippen molar-refractivity contribution in [2.75, 3.05) is 0 Å². The van der Waals surface area contributed by atoms with Gasteiger partial charge in [-0.2, -0.15) is 21.9 Å². The fourth-order valence-electron chi connectivity index (χ4n) is 4.68. The van der Waals surface area contributed by atoms with Gasteiger partial charge in [-0.05, 0) is 6.92 Å². The molecule has 5 aromatic rings. The van der Waals surface area contributed by atoms with Crippen molar-refractivity contribution in [2.24, 2.45) is 0 Å². The summed E-state index contributed by atoms with van der Waals surface area (Å²) in [7, 11) is 0. The van der Waals surface area contributed by atoms with E-state index in [1.165, 1.54) is 21.9 Å². The smallest absolute Gasteiger partial charge is 0.187 e. The van der Waals surface area contributed by atoms with Crippen molar-refractivity contribution < 1.29 is 4.57 Å². The first kappa shape index (κ1) is 22.2. The van der Waals surface area contributed by atoms with Crippen molar-refractivity contribution in [2.45, 2.75) is 13.5 Å². The molecular weight excluding hydrogens is 399 g/mol. The summed E-state index contributed by atoms with van der Waals surface area (Å²) in [5, 5.41) is 0. The van der Waals surface area contributed by atoms with Gasteiger partial charge in [-0.25, -0.2) is 4.57 Å². The maximum absolute atomic E-state index is 3.87. The summed E-state index contributed by atoms with van der Waals surface area (Å²) in [6.07, 6.45) is 6.24. The predicted molar refractivity (Wildman–Crippen MR) is 140 cm³/mol. The molecule has 0 saturated carbocycles. The monoisotopic (exact) mass is 428 g/mol. The van der Waals surface area contributed by atoms with Gasteiger partial charge in [0.25, 0.3) is 0 Å². The third-order valence-electron chi connectivity index (χ3n) is 6.25. The Bertz CT molecular complexity index is 1050. The summed E-state index contributed by atoms with van der Waals surface area (Å²) >= 11 is 0. The summed E-state index contributed by atoms with van der Waals surface area (Å²) in [6.45, 7) is 3.11. The summed E-state index contributed by atoms with van der Waals surface area (Å²) < 4.78 is 2.06. The second-order valence-electron chi connectivity index (χ2n) is 8.08. The second-order valence-corrected chi connectivity index (χ2v) is 8.08. The fraction of sp³-hybridized carbons (Fsp3) is 0.0667. The van der Waals surface area contributed by atoms with Crippen LogP contribution in [0.15, 0.2) is 146 Å². The molecule has 0 unspecified atom stereocenters. The molecule has 3 heteroatoms.